The van der Waals surface area contributed by atoms with Crippen molar-refractivity contribution < 1.29 is 14.3 Å². The molecule has 1 aromatic carbocycles. The van der Waals surface area contributed by atoms with Gasteiger partial charge in [-0.3, -0.25) is 4.79 Å². The number of likely N-dealkylation sites (tertiary alicyclic amines) is 1. The minimum absolute atomic E-state index is 0.153. The molecule has 0 spiro atoms. The van der Waals surface area contributed by atoms with Crippen molar-refractivity contribution in [3.63, 3.8) is 0 Å². The van der Waals surface area contributed by atoms with E-state index in [-0.39, 0.29) is 17.9 Å². The molecule has 1 amide bonds. The van der Waals surface area contributed by atoms with Crippen LogP contribution in [-0.4, -0.2) is 62.9 Å². The van der Waals surface area contributed by atoms with Crippen LogP contribution < -0.4 is 5.32 Å². The molecule has 2 aliphatic rings. The van der Waals surface area contributed by atoms with Crippen LogP contribution in [0, 0.1) is 5.92 Å². The van der Waals surface area contributed by atoms with E-state index in [1.807, 2.05) is 18.2 Å². The second kappa shape index (κ2) is 9.16. The van der Waals surface area contributed by atoms with E-state index in [2.05, 4.69) is 22.3 Å². The lowest BCUT2D eigenvalue weighted by molar-refractivity contribution is -0.127. The topological polar surface area (TPSA) is 50.8 Å². The first kappa shape index (κ1) is 17.4. The molecule has 24 heavy (non-hydrogen) atoms. The average Bonchev–Trinajstić information content (AvgIpc) is 2.64. The van der Waals surface area contributed by atoms with E-state index in [9.17, 15) is 4.79 Å². The van der Waals surface area contributed by atoms with Gasteiger partial charge in [0.1, 0.15) is 0 Å². The summed E-state index contributed by atoms with van der Waals surface area (Å²) in [6.07, 6.45) is 2.95. The molecule has 5 nitrogen and oxygen atoms in total. The molecule has 1 aromatic rings. The van der Waals surface area contributed by atoms with Crippen LogP contribution in [-0.2, 0) is 20.7 Å². The van der Waals surface area contributed by atoms with Crippen LogP contribution in [0.4, 0.5) is 0 Å². The molecular weight excluding hydrogens is 304 g/mol. The fourth-order valence-electron chi connectivity index (χ4n) is 3.43. The van der Waals surface area contributed by atoms with Gasteiger partial charge in [-0.05, 0) is 37.9 Å². The molecule has 5 heteroatoms. The first-order valence-corrected chi connectivity index (χ1v) is 9.04. The van der Waals surface area contributed by atoms with Gasteiger partial charge in [-0.25, -0.2) is 0 Å². The van der Waals surface area contributed by atoms with Crippen LogP contribution >= 0.6 is 0 Å². The summed E-state index contributed by atoms with van der Waals surface area (Å²) in [6.45, 7) is 5.68. The number of rotatable bonds is 6. The highest BCUT2D eigenvalue weighted by atomic mass is 16.6. The number of carbonyl (C=O) groups excluding carboxylic acids is 1. The Hall–Kier alpha value is -1.43. The molecule has 0 aliphatic carbocycles. The van der Waals surface area contributed by atoms with Crippen LogP contribution in [0.1, 0.15) is 18.4 Å². The number of amides is 1. The van der Waals surface area contributed by atoms with E-state index in [4.69, 9.17) is 9.47 Å². The number of piperidine rings is 1. The normalized spacial score (nSPS) is 23.1. The zero-order chi connectivity index (χ0) is 16.6. The number of nitrogens with one attached hydrogen (secondary N) is 1. The first-order valence-electron chi connectivity index (χ1n) is 9.04. The van der Waals surface area contributed by atoms with Gasteiger partial charge < -0.3 is 19.7 Å². The maximum absolute atomic E-state index is 12.3. The average molecular weight is 332 g/mol. The van der Waals surface area contributed by atoms with E-state index >= 15 is 0 Å². The van der Waals surface area contributed by atoms with Crippen LogP contribution in [0.3, 0.4) is 0 Å². The Balaban J connectivity index is 1.32. The van der Waals surface area contributed by atoms with Crippen LogP contribution in [0.5, 0.6) is 0 Å². The van der Waals surface area contributed by atoms with Crippen molar-refractivity contribution in [2.75, 3.05) is 46.0 Å². The van der Waals surface area contributed by atoms with E-state index in [0.717, 1.165) is 45.4 Å². The third kappa shape index (κ3) is 5.30. The van der Waals surface area contributed by atoms with Gasteiger partial charge in [-0.1, -0.05) is 30.3 Å². The Bertz CT molecular complexity index is 495. The van der Waals surface area contributed by atoms with E-state index in [1.54, 1.807) is 0 Å². The summed E-state index contributed by atoms with van der Waals surface area (Å²) in [4.78, 5) is 14.7. The van der Waals surface area contributed by atoms with E-state index < -0.39 is 0 Å². The van der Waals surface area contributed by atoms with Crippen molar-refractivity contribution in [3.05, 3.63) is 35.9 Å². The summed E-state index contributed by atoms with van der Waals surface area (Å²) in [6, 6.07) is 10.3. The Kier molecular flexibility index (Phi) is 6.64. The Morgan fingerprint density at radius 2 is 1.96 bits per heavy atom. The minimum Gasteiger partial charge on any atom is -0.376 e. The molecule has 0 aromatic heterocycles. The molecule has 2 heterocycles. The lowest BCUT2D eigenvalue weighted by Crippen LogP contribution is -2.45. The molecule has 0 radical (unpaired) electrons. The second-order valence-electron chi connectivity index (χ2n) is 6.67. The molecule has 0 unspecified atom stereocenters. The number of carbonyl (C=O) groups is 1. The van der Waals surface area contributed by atoms with Crippen LogP contribution in [0.25, 0.3) is 0 Å². The highest BCUT2D eigenvalue weighted by Gasteiger charge is 2.26. The summed E-state index contributed by atoms with van der Waals surface area (Å²) in [5.74, 6) is 0.364. The summed E-state index contributed by atoms with van der Waals surface area (Å²) in [5.41, 5.74) is 1.27. The number of hydrogen-bond donors (Lipinski definition) is 1. The highest BCUT2D eigenvalue weighted by Crippen LogP contribution is 2.18. The van der Waals surface area contributed by atoms with Gasteiger partial charge in [-0.15, -0.1) is 0 Å². The Labute approximate surface area is 144 Å². The van der Waals surface area contributed by atoms with Crippen molar-refractivity contribution >= 4 is 5.91 Å². The fraction of sp³-hybridized carbons (Fsp3) is 0.632. The Morgan fingerprint density at radius 3 is 2.67 bits per heavy atom. The van der Waals surface area contributed by atoms with Gasteiger partial charge in [0.25, 0.3) is 0 Å². The summed E-state index contributed by atoms with van der Waals surface area (Å²) >= 11 is 0. The highest BCUT2D eigenvalue weighted by molar-refractivity contribution is 5.78. The maximum Gasteiger partial charge on any atom is 0.223 e. The van der Waals surface area contributed by atoms with Gasteiger partial charge in [-0.2, -0.15) is 0 Å². The van der Waals surface area contributed by atoms with Gasteiger partial charge >= 0.3 is 0 Å². The predicted octanol–water partition coefficient (Wildman–Crippen LogP) is 1.47. The van der Waals surface area contributed by atoms with Crippen molar-refractivity contribution in [1.29, 1.82) is 0 Å². The van der Waals surface area contributed by atoms with Crippen molar-refractivity contribution in [2.45, 2.75) is 25.4 Å². The van der Waals surface area contributed by atoms with Gasteiger partial charge in [0.15, 0.2) is 0 Å². The summed E-state index contributed by atoms with van der Waals surface area (Å²) in [7, 11) is 0. The van der Waals surface area contributed by atoms with Crippen molar-refractivity contribution in [3.8, 4) is 0 Å². The molecule has 3 rings (SSSR count). The molecule has 2 saturated heterocycles. The van der Waals surface area contributed by atoms with Crippen LogP contribution in [0.15, 0.2) is 30.3 Å². The molecule has 0 bridgehead atoms. The predicted molar refractivity (Wildman–Crippen MR) is 92.9 cm³/mol. The minimum atomic E-state index is 0.153. The summed E-state index contributed by atoms with van der Waals surface area (Å²) < 4.78 is 11.2. The van der Waals surface area contributed by atoms with Gasteiger partial charge in [0, 0.05) is 19.0 Å². The number of nitrogens with zero attached hydrogens (tertiary/aromatic N) is 1. The number of benzene rings is 1. The molecule has 0 saturated carbocycles. The quantitative estimate of drug-likeness (QED) is 0.857. The lowest BCUT2D eigenvalue weighted by Gasteiger charge is -2.34. The Morgan fingerprint density at radius 1 is 1.17 bits per heavy atom. The molecule has 132 valence electrons. The monoisotopic (exact) mass is 332 g/mol. The number of hydrogen-bond acceptors (Lipinski definition) is 4. The lowest BCUT2D eigenvalue weighted by atomic mass is 9.95. The van der Waals surface area contributed by atoms with Gasteiger partial charge in [0.05, 0.1) is 25.9 Å². The smallest absolute Gasteiger partial charge is 0.223 e. The maximum atomic E-state index is 12.3. The molecule has 2 aliphatic heterocycles. The zero-order valence-corrected chi connectivity index (χ0v) is 14.3. The summed E-state index contributed by atoms with van der Waals surface area (Å²) in [5, 5.41) is 3.09. The van der Waals surface area contributed by atoms with E-state index in [1.165, 1.54) is 5.56 Å². The third-order valence-electron chi connectivity index (χ3n) is 4.86. The standard InChI is InChI=1S/C19H28N2O3/c22-19(20-9-6-16-4-2-1-3-5-16)17-7-10-21(11-8-17)14-18-15-23-12-13-24-18/h1-5,17-18H,6-15H2,(H,20,22)/t18-/m0/s1. The molecule has 2 fully saturated rings. The SMILES string of the molecule is O=C(NCCc1ccccc1)C1CCN(C[C@H]2COCCO2)CC1. The largest absolute Gasteiger partial charge is 0.376 e. The van der Waals surface area contributed by atoms with E-state index in [0.29, 0.717) is 19.8 Å². The van der Waals surface area contributed by atoms with Crippen molar-refractivity contribution in [1.82, 2.24) is 10.2 Å². The van der Waals surface area contributed by atoms with Gasteiger partial charge in [0.2, 0.25) is 5.91 Å². The first-order chi connectivity index (χ1) is 11.8. The molecule has 1 atom stereocenters. The molecule has 1 N–H and O–H groups in total. The fourth-order valence-corrected chi connectivity index (χ4v) is 3.43. The van der Waals surface area contributed by atoms with Crippen LogP contribution in [0.2, 0.25) is 0 Å². The third-order valence-corrected chi connectivity index (χ3v) is 4.86. The number of ether oxygens (including phenoxy) is 2. The molecular formula is C19H28N2O3. The zero-order valence-electron chi connectivity index (χ0n) is 14.3. The second-order valence-corrected chi connectivity index (χ2v) is 6.67. The van der Waals surface area contributed by atoms with Crippen molar-refractivity contribution in [2.24, 2.45) is 5.92 Å².